The van der Waals surface area contributed by atoms with Crippen molar-refractivity contribution in [3.05, 3.63) is 76.6 Å². The minimum Gasteiger partial charge on any atom is -0.317 e. The average Bonchev–Trinajstić information content (AvgIpc) is 3.31. The fraction of sp³-hybridized carbons (Fsp3) is 0.414. The molecule has 0 saturated heterocycles. The molecule has 1 aliphatic carbocycles. The zero-order valence-corrected chi connectivity index (χ0v) is 23.5. The molecule has 1 N–H and O–H groups in total. The molecule has 0 unspecified atom stereocenters. The van der Waals surface area contributed by atoms with Crippen molar-refractivity contribution in [3.8, 4) is 0 Å². The van der Waals surface area contributed by atoms with Crippen LogP contribution >= 0.6 is 23.5 Å². The number of aromatic nitrogens is 2. The SMILES string of the molecule is CSc1nc(C)nc(SC)c1NC(=O)N(Cc1ccc(CCC(C)C)cc1)C1Cc2ccccc2C1. The van der Waals surface area contributed by atoms with Gasteiger partial charge in [0, 0.05) is 12.6 Å². The van der Waals surface area contributed by atoms with Crippen LogP contribution in [0, 0.1) is 12.8 Å². The quantitative estimate of drug-likeness (QED) is 0.243. The smallest absolute Gasteiger partial charge is 0.317 e. The molecule has 2 aromatic carbocycles. The third-order valence-corrected chi connectivity index (χ3v) is 8.05. The van der Waals surface area contributed by atoms with Crippen molar-refractivity contribution in [2.45, 2.75) is 69.1 Å². The van der Waals surface area contributed by atoms with E-state index in [1.807, 2.05) is 24.3 Å². The number of carbonyl (C=O) groups is 1. The summed E-state index contributed by atoms with van der Waals surface area (Å²) in [6.07, 6.45) is 7.96. The number of urea groups is 1. The zero-order valence-electron chi connectivity index (χ0n) is 21.9. The molecule has 3 aromatic rings. The van der Waals surface area contributed by atoms with Gasteiger partial charge in [-0.25, -0.2) is 14.8 Å². The predicted octanol–water partition coefficient (Wildman–Crippen LogP) is 7.02. The molecular weight excluding hydrogens is 484 g/mol. The van der Waals surface area contributed by atoms with E-state index in [1.165, 1.54) is 46.6 Å². The largest absolute Gasteiger partial charge is 0.322 e. The Hall–Kier alpha value is -2.51. The van der Waals surface area contributed by atoms with Crippen LogP contribution in [0.25, 0.3) is 0 Å². The molecule has 0 radical (unpaired) electrons. The highest BCUT2D eigenvalue weighted by Crippen LogP contribution is 2.33. The van der Waals surface area contributed by atoms with Crippen molar-refractivity contribution < 1.29 is 4.79 Å². The summed E-state index contributed by atoms with van der Waals surface area (Å²) in [7, 11) is 0. The maximum atomic E-state index is 13.9. The lowest BCUT2D eigenvalue weighted by Gasteiger charge is -2.30. The third kappa shape index (κ3) is 6.43. The number of anilines is 1. The van der Waals surface area contributed by atoms with E-state index in [4.69, 9.17) is 0 Å². The van der Waals surface area contributed by atoms with Gasteiger partial charge in [-0.3, -0.25) is 0 Å². The summed E-state index contributed by atoms with van der Waals surface area (Å²) in [5, 5.41) is 4.79. The molecule has 2 amide bonds. The molecular formula is C29H36N4OS2. The van der Waals surface area contributed by atoms with Gasteiger partial charge in [0.2, 0.25) is 0 Å². The number of amides is 2. The second-order valence-corrected chi connectivity index (χ2v) is 11.4. The molecule has 5 nitrogen and oxygen atoms in total. The Labute approximate surface area is 223 Å². The van der Waals surface area contributed by atoms with E-state index >= 15 is 0 Å². The molecule has 1 heterocycles. The summed E-state index contributed by atoms with van der Waals surface area (Å²) >= 11 is 3.06. The topological polar surface area (TPSA) is 58.1 Å². The van der Waals surface area contributed by atoms with Gasteiger partial charge in [-0.2, -0.15) is 0 Å². The van der Waals surface area contributed by atoms with Crippen LogP contribution in [0.4, 0.5) is 10.5 Å². The fourth-order valence-electron chi connectivity index (χ4n) is 4.69. The first kappa shape index (κ1) is 26.6. The number of thioether (sulfide) groups is 2. The highest BCUT2D eigenvalue weighted by molar-refractivity contribution is 7.99. The maximum Gasteiger partial charge on any atom is 0.322 e. The van der Waals surface area contributed by atoms with Gasteiger partial charge in [-0.05, 0) is 73.3 Å². The lowest BCUT2D eigenvalue weighted by Crippen LogP contribution is -2.43. The van der Waals surface area contributed by atoms with Crippen LogP contribution in [0.5, 0.6) is 0 Å². The van der Waals surface area contributed by atoms with E-state index in [-0.39, 0.29) is 12.1 Å². The first-order valence-corrected chi connectivity index (χ1v) is 15.0. The Bertz CT molecular complexity index is 1150. The molecule has 0 fully saturated rings. The molecule has 7 heteroatoms. The van der Waals surface area contributed by atoms with Gasteiger partial charge in [0.05, 0.1) is 0 Å². The van der Waals surface area contributed by atoms with Crippen molar-refractivity contribution in [2.24, 2.45) is 5.92 Å². The number of nitrogens with one attached hydrogen (secondary N) is 1. The van der Waals surface area contributed by atoms with E-state index in [0.717, 1.165) is 34.9 Å². The normalized spacial score (nSPS) is 13.2. The zero-order chi connectivity index (χ0) is 25.7. The van der Waals surface area contributed by atoms with Crippen LogP contribution in [-0.4, -0.2) is 39.5 Å². The molecule has 0 saturated carbocycles. The molecule has 4 rings (SSSR count). The lowest BCUT2D eigenvalue weighted by molar-refractivity contribution is 0.185. The van der Waals surface area contributed by atoms with Crippen molar-refractivity contribution >= 4 is 35.2 Å². The van der Waals surface area contributed by atoms with Gasteiger partial charge in [-0.1, -0.05) is 62.4 Å². The van der Waals surface area contributed by atoms with Gasteiger partial charge in [0.15, 0.2) is 0 Å². The highest BCUT2D eigenvalue weighted by Gasteiger charge is 2.31. The summed E-state index contributed by atoms with van der Waals surface area (Å²) in [5.74, 6) is 1.40. The Morgan fingerprint density at radius 3 is 2.06 bits per heavy atom. The average molecular weight is 521 g/mol. The Balaban J connectivity index is 1.59. The van der Waals surface area contributed by atoms with Crippen molar-refractivity contribution in [1.82, 2.24) is 14.9 Å². The van der Waals surface area contributed by atoms with Gasteiger partial charge >= 0.3 is 6.03 Å². The van der Waals surface area contributed by atoms with E-state index in [9.17, 15) is 4.79 Å². The van der Waals surface area contributed by atoms with Crippen LogP contribution in [0.3, 0.4) is 0 Å². The number of rotatable bonds is 9. The number of aryl methyl sites for hydroxylation is 2. The number of benzene rings is 2. The predicted molar refractivity (Wildman–Crippen MR) is 152 cm³/mol. The second kappa shape index (κ2) is 12.2. The van der Waals surface area contributed by atoms with Gasteiger partial charge < -0.3 is 10.2 Å². The summed E-state index contributed by atoms with van der Waals surface area (Å²) in [6.45, 7) is 6.96. The minimum absolute atomic E-state index is 0.102. The Morgan fingerprint density at radius 2 is 1.53 bits per heavy atom. The minimum atomic E-state index is -0.102. The number of hydrogen-bond acceptors (Lipinski definition) is 5. The van der Waals surface area contributed by atoms with Crippen LogP contribution in [-0.2, 0) is 25.8 Å². The van der Waals surface area contributed by atoms with Crippen LogP contribution in [0.1, 0.15) is 48.3 Å². The van der Waals surface area contributed by atoms with Crippen LogP contribution in [0.2, 0.25) is 0 Å². The van der Waals surface area contributed by atoms with Gasteiger partial charge in [-0.15, -0.1) is 23.5 Å². The monoisotopic (exact) mass is 520 g/mol. The van der Waals surface area contributed by atoms with E-state index in [1.54, 1.807) is 0 Å². The van der Waals surface area contributed by atoms with E-state index < -0.39 is 0 Å². The first-order valence-electron chi connectivity index (χ1n) is 12.6. The van der Waals surface area contributed by atoms with E-state index in [0.29, 0.717) is 24.0 Å². The number of nitrogens with zero attached hydrogens (tertiary/aromatic N) is 3. The van der Waals surface area contributed by atoms with Gasteiger partial charge in [0.1, 0.15) is 21.6 Å². The van der Waals surface area contributed by atoms with Crippen LogP contribution in [0.15, 0.2) is 58.6 Å². The molecule has 0 bridgehead atoms. The molecule has 0 aliphatic heterocycles. The highest BCUT2D eigenvalue weighted by atomic mass is 32.2. The van der Waals surface area contributed by atoms with Crippen molar-refractivity contribution in [3.63, 3.8) is 0 Å². The standard InChI is InChI=1S/C29H36N4OS2/c1-19(2)10-11-21-12-14-22(15-13-21)18-33(25-16-23-8-6-7-9-24(23)17-25)29(34)32-26-27(35-4)30-20(3)31-28(26)36-5/h6-9,12-15,19,25H,10-11,16-18H2,1-5H3,(H,32,34). The molecule has 0 spiro atoms. The lowest BCUT2D eigenvalue weighted by atomic mass is 10.0. The molecule has 190 valence electrons. The summed E-state index contributed by atoms with van der Waals surface area (Å²) in [5.41, 5.74) is 5.86. The first-order chi connectivity index (χ1) is 17.4. The summed E-state index contributed by atoms with van der Waals surface area (Å²) in [6, 6.07) is 17.3. The molecule has 36 heavy (non-hydrogen) atoms. The Morgan fingerprint density at radius 1 is 0.972 bits per heavy atom. The number of hydrogen-bond donors (Lipinski definition) is 1. The number of carbonyl (C=O) groups excluding carboxylic acids is 1. The summed E-state index contributed by atoms with van der Waals surface area (Å²) < 4.78 is 0. The fourth-order valence-corrected chi connectivity index (χ4v) is 5.90. The molecule has 1 aliphatic rings. The van der Waals surface area contributed by atoms with E-state index in [2.05, 4.69) is 77.7 Å². The molecule has 1 aromatic heterocycles. The second-order valence-electron chi connectivity index (χ2n) is 9.80. The van der Waals surface area contributed by atoms with Crippen LogP contribution < -0.4 is 5.32 Å². The number of fused-ring (bicyclic) bond motifs is 1. The van der Waals surface area contributed by atoms with Crippen molar-refractivity contribution in [2.75, 3.05) is 17.8 Å². The van der Waals surface area contributed by atoms with Gasteiger partial charge in [0.25, 0.3) is 0 Å². The van der Waals surface area contributed by atoms with Crippen molar-refractivity contribution in [1.29, 1.82) is 0 Å². The molecule has 0 atom stereocenters. The Kier molecular flexibility index (Phi) is 8.96. The maximum absolute atomic E-state index is 13.9. The summed E-state index contributed by atoms with van der Waals surface area (Å²) in [4.78, 5) is 25.0. The third-order valence-electron chi connectivity index (χ3n) is 6.69.